The van der Waals surface area contributed by atoms with Crippen LogP contribution in [0.3, 0.4) is 0 Å². The Morgan fingerprint density at radius 1 is 1.52 bits per heavy atom. The van der Waals surface area contributed by atoms with Crippen LogP contribution in [0, 0.1) is 0 Å². The fraction of sp³-hybridized carbons (Fsp3) is 0.417. The Morgan fingerprint density at radius 3 is 2.90 bits per heavy atom. The first kappa shape index (κ1) is 13.7. The van der Waals surface area contributed by atoms with Gasteiger partial charge in [0, 0.05) is 12.6 Å². The highest BCUT2D eigenvalue weighted by molar-refractivity contribution is 5.94. The lowest BCUT2D eigenvalue weighted by Crippen LogP contribution is -2.21. The molecule has 3 rings (SSSR count). The smallest absolute Gasteiger partial charge is 0.286 e. The molecule has 9 heteroatoms. The number of carbonyl (C=O) groups excluding carboxylic acids is 1. The minimum atomic E-state index is -0.800. The summed E-state index contributed by atoms with van der Waals surface area (Å²) in [6.07, 6.45) is -0.0176. The van der Waals surface area contributed by atoms with E-state index in [4.69, 9.17) is 21.3 Å². The molecule has 1 aliphatic heterocycles. The monoisotopic (exact) mass is 293 g/mol. The zero-order chi connectivity index (χ0) is 15.1. The number of anilines is 1. The first-order valence-electron chi connectivity index (χ1n) is 6.39. The third kappa shape index (κ3) is 2.20. The van der Waals surface area contributed by atoms with Crippen molar-refractivity contribution in [3.63, 3.8) is 0 Å². The van der Waals surface area contributed by atoms with Crippen molar-refractivity contribution in [3.05, 3.63) is 18.1 Å². The molecule has 3 atom stereocenters. The Kier molecular flexibility index (Phi) is 3.24. The number of nitrogens with zero attached hydrogens (tertiary/aromatic N) is 3. The van der Waals surface area contributed by atoms with Gasteiger partial charge in [0.15, 0.2) is 6.23 Å². The molecule has 0 saturated carbocycles. The van der Waals surface area contributed by atoms with Crippen molar-refractivity contribution in [1.82, 2.24) is 14.5 Å². The Hall–Kier alpha value is -2.23. The summed E-state index contributed by atoms with van der Waals surface area (Å²) in [6, 6.07) is 1.66. The summed E-state index contributed by atoms with van der Waals surface area (Å²) in [5.74, 6) is -0.873. The molecule has 0 aliphatic carbocycles. The highest BCUT2D eigenvalue weighted by Crippen LogP contribution is 2.32. The number of primary amides is 1. The zero-order valence-electron chi connectivity index (χ0n) is 11.0. The highest BCUT2D eigenvalue weighted by atomic mass is 16.5. The fourth-order valence-corrected chi connectivity index (χ4v) is 2.47. The van der Waals surface area contributed by atoms with Crippen LogP contribution in [0.1, 0.15) is 23.3 Å². The van der Waals surface area contributed by atoms with Crippen LogP contribution in [-0.4, -0.2) is 49.5 Å². The van der Waals surface area contributed by atoms with Crippen LogP contribution in [0.2, 0.25) is 0 Å². The van der Waals surface area contributed by atoms with Gasteiger partial charge in [0.2, 0.25) is 5.82 Å². The SMILES string of the molecule is NC(=O)c1nc(N)c2ccn(C3O[C@H](CO)C[C@H]3O)c2n1. The second-order valence-electron chi connectivity index (χ2n) is 4.89. The largest absolute Gasteiger partial charge is 0.394 e. The molecule has 0 radical (unpaired) electrons. The number of hydrogen-bond donors (Lipinski definition) is 4. The molecule has 6 N–H and O–H groups in total. The molecular formula is C12H15N5O4. The van der Waals surface area contributed by atoms with Gasteiger partial charge in [-0.2, -0.15) is 0 Å². The molecule has 1 saturated heterocycles. The van der Waals surface area contributed by atoms with Crippen molar-refractivity contribution in [3.8, 4) is 0 Å². The van der Waals surface area contributed by atoms with Crippen molar-refractivity contribution in [2.75, 3.05) is 12.3 Å². The number of aliphatic hydroxyl groups excluding tert-OH is 2. The van der Waals surface area contributed by atoms with E-state index in [1.54, 1.807) is 16.8 Å². The van der Waals surface area contributed by atoms with Gasteiger partial charge in [-0.3, -0.25) is 4.79 Å². The Bertz CT molecular complexity index is 700. The van der Waals surface area contributed by atoms with Crippen LogP contribution in [0.4, 0.5) is 5.82 Å². The minimum Gasteiger partial charge on any atom is -0.394 e. The van der Waals surface area contributed by atoms with Crippen LogP contribution in [0.25, 0.3) is 11.0 Å². The van der Waals surface area contributed by atoms with Gasteiger partial charge >= 0.3 is 0 Å². The van der Waals surface area contributed by atoms with Crippen molar-refractivity contribution >= 4 is 22.8 Å². The summed E-state index contributed by atoms with van der Waals surface area (Å²) in [7, 11) is 0. The quantitative estimate of drug-likeness (QED) is 0.552. The number of fused-ring (bicyclic) bond motifs is 1. The van der Waals surface area contributed by atoms with Gasteiger partial charge < -0.3 is 31.0 Å². The predicted octanol–water partition coefficient (Wildman–Crippen LogP) is -1.25. The maximum Gasteiger partial charge on any atom is 0.286 e. The molecule has 9 nitrogen and oxygen atoms in total. The maximum absolute atomic E-state index is 11.2. The fourth-order valence-electron chi connectivity index (χ4n) is 2.47. The summed E-state index contributed by atoms with van der Waals surface area (Å²) in [5, 5.41) is 19.7. The third-order valence-electron chi connectivity index (χ3n) is 3.46. The van der Waals surface area contributed by atoms with E-state index in [9.17, 15) is 9.90 Å². The Labute approximate surface area is 119 Å². The zero-order valence-corrected chi connectivity index (χ0v) is 11.0. The molecule has 0 bridgehead atoms. The molecule has 1 fully saturated rings. The molecule has 21 heavy (non-hydrogen) atoms. The van der Waals surface area contributed by atoms with E-state index in [0.29, 0.717) is 17.5 Å². The van der Waals surface area contributed by atoms with Crippen molar-refractivity contribution < 1.29 is 19.7 Å². The van der Waals surface area contributed by atoms with Gasteiger partial charge in [0.1, 0.15) is 17.6 Å². The second-order valence-corrected chi connectivity index (χ2v) is 4.89. The van der Waals surface area contributed by atoms with Gasteiger partial charge in [0.25, 0.3) is 5.91 Å². The average Bonchev–Trinajstić information content (AvgIpc) is 3.01. The van der Waals surface area contributed by atoms with Gasteiger partial charge in [-0.15, -0.1) is 0 Å². The van der Waals surface area contributed by atoms with E-state index in [-0.39, 0.29) is 18.2 Å². The Morgan fingerprint density at radius 2 is 2.29 bits per heavy atom. The highest BCUT2D eigenvalue weighted by Gasteiger charge is 2.35. The average molecular weight is 293 g/mol. The van der Waals surface area contributed by atoms with Crippen LogP contribution >= 0.6 is 0 Å². The molecule has 1 unspecified atom stereocenters. The number of nitrogen functional groups attached to an aromatic ring is 1. The summed E-state index contributed by atoms with van der Waals surface area (Å²) in [6.45, 7) is -0.184. The first-order valence-corrected chi connectivity index (χ1v) is 6.39. The summed E-state index contributed by atoms with van der Waals surface area (Å²) >= 11 is 0. The maximum atomic E-state index is 11.2. The molecule has 0 aromatic carbocycles. The van der Waals surface area contributed by atoms with Gasteiger partial charge in [-0.05, 0) is 6.07 Å². The van der Waals surface area contributed by atoms with E-state index >= 15 is 0 Å². The summed E-state index contributed by atoms with van der Waals surface area (Å²) in [5.41, 5.74) is 11.3. The molecule has 3 heterocycles. The number of nitrogens with two attached hydrogens (primary N) is 2. The second kappa shape index (κ2) is 4.95. The summed E-state index contributed by atoms with van der Waals surface area (Å²) < 4.78 is 7.12. The van der Waals surface area contributed by atoms with Crippen LogP contribution in [0.15, 0.2) is 12.3 Å². The van der Waals surface area contributed by atoms with Crippen LogP contribution < -0.4 is 11.5 Å². The molecule has 0 spiro atoms. The molecular weight excluding hydrogens is 278 g/mol. The van der Waals surface area contributed by atoms with Crippen LogP contribution in [0.5, 0.6) is 0 Å². The van der Waals surface area contributed by atoms with Gasteiger partial charge in [-0.1, -0.05) is 0 Å². The van der Waals surface area contributed by atoms with Crippen molar-refractivity contribution in [2.24, 2.45) is 5.73 Å². The Balaban J connectivity index is 2.09. The van der Waals surface area contributed by atoms with Crippen LogP contribution in [-0.2, 0) is 4.74 Å². The molecule has 1 amide bonds. The number of rotatable bonds is 3. The van der Waals surface area contributed by atoms with E-state index in [0.717, 1.165) is 0 Å². The third-order valence-corrected chi connectivity index (χ3v) is 3.46. The molecule has 112 valence electrons. The molecule has 2 aromatic heterocycles. The topological polar surface area (TPSA) is 150 Å². The molecule has 2 aromatic rings. The van der Waals surface area contributed by atoms with Gasteiger partial charge in [0.05, 0.1) is 18.1 Å². The number of aliphatic hydroxyl groups is 2. The number of amides is 1. The predicted molar refractivity (Wildman–Crippen MR) is 72.1 cm³/mol. The van der Waals surface area contributed by atoms with E-state index < -0.39 is 24.3 Å². The number of aromatic nitrogens is 3. The van der Waals surface area contributed by atoms with Crippen molar-refractivity contribution in [1.29, 1.82) is 0 Å². The van der Waals surface area contributed by atoms with E-state index in [1.807, 2.05) is 0 Å². The molecule has 1 aliphatic rings. The first-order chi connectivity index (χ1) is 10.0. The van der Waals surface area contributed by atoms with Gasteiger partial charge in [-0.25, -0.2) is 9.97 Å². The normalized spacial score (nSPS) is 25.5. The van der Waals surface area contributed by atoms with Crippen molar-refractivity contribution in [2.45, 2.75) is 24.9 Å². The number of carbonyl (C=O) groups is 1. The van der Waals surface area contributed by atoms with E-state index in [1.165, 1.54) is 0 Å². The standard InChI is InChI=1S/C12H15N5O4/c13-8-6-1-2-17(11(6)16-10(15-8)9(14)20)12-7(19)3-5(4-18)21-12/h1-2,5,7,12,18-19H,3-4H2,(H2,14,20)(H2,13,15,16)/t5-,7+,12?/m0/s1. The number of ether oxygens (including phenoxy) is 1. The number of hydrogen-bond acceptors (Lipinski definition) is 7. The summed E-state index contributed by atoms with van der Waals surface area (Å²) in [4.78, 5) is 19.1. The van der Waals surface area contributed by atoms with E-state index in [2.05, 4.69) is 9.97 Å². The lowest BCUT2D eigenvalue weighted by molar-refractivity contribution is -0.0484. The minimum absolute atomic E-state index is 0.124. The lowest BCUT2D eigenvalue weighted by Gasteiger charge is -2.17. The lowest BCUT2D eigenvalue weighted by atomic mass is 10.2.